The monoisotopic (exact) mass is 360 g/mol. The molecular formula is C17H21BrN4. The zero-order chi connectivity index (χ0) is 15.5. The number of para-hydroxylation sites is 1. The fraction of sp³-hybridized carbons (Fsp3) is 0.412. The molecule has 3 rings (SSSR count). The zero-order valence-corrected chi connectivity index (χ0v) is 14.6. The summed E-state index contributed by atoms with van der Waals surface area (Å²) in [6.45, 7) is 6.40. The van der Waals surface area contributed by atoms with Gasteiger partial charge in [-0.15, -0.1) is 0 Å². The van der Waals surface area contributed by atoms with Gasteiger partial charge in [0.05, 0.1) is 5.69 Å². The molecule has 1 aromatic carbocycles. The third-order valence-corrected chi connectivity index (χ3v) is 4.61. The maximum absolute atomic E-state index is 4.71. The molecule has 2 aromatic rings. The van der Waals surface area contributed by atoms with Crippen molar-refractivity contribution in [1.29, 1.82) is 0 Å². The number of benzene rings is 1. The van der Waals surface area contributed by atoms with Crippen LogP contribution in [0.5, 0.6) is 0 Å². The average molecular weight is 361 g/mol. The van der Waals surface area contributed by atoms with Crippen LogP contribution in [0.25, 0.3) is 0 Å². The fourth-order valence-corrected chi connectivity index (χ4v) is 3.21. The molecule has 0 spiro atoms. The van der Waals surface area contributed by atoms with Crippen molar-refractivity contribution in [3.05, 3.63) is 40.5 Å². The third-order valence-electron chi connectivity index (χ3n) is 3.92. The highest BCUT2D eigenvalue weighted by molar-refractivity contribution is 9.10. The third kappa shape index (κ3) is 3.58. The average Bonchev–Trinajstić information content (AvgIpc) is 2.49. The quantitative estimate of drug-likeness (QED) is 0.872. The van der Waals surface area contributed by atoms with Crippen LogP contribution in [-0.2, 0) is 0 Å². The summed E-state index contributed by atoms with van der Waals surface area (Å²) in [4.78, 5) is 11.6. The Morgan fingerprint density at radius 3 is 2.86 bits per heavy atom. The molecule has 116 valence electrons. The number of anilines is 3. The number of nitrogens with zero attached hydrogens (tertiary/aromatic N) is 3. The fourth-order valence-electron chi connectivity index (χ4n) is 2.83. The van der Waals surface area contributed by atoms with Crippen LogP contribution in [0.1, 0.15) is 25.5 Å². The summed E-state index contributed by atoms with van der Waals surface area (Å²) in [5.74, 6) is 2.38. The molecule has 1 atom stereocenters. The molecule has 0 bridgehead atoms. The Morgan fingerprint density at radius 2 is 2.09 bits per heavy atom. The second-order valence-corrected chi connectivity index (χ2v) is 6.85. The van der Waals surface area contributed by atoms with Crippen LogP contribution in [0.15, 0.2) is 34.8 Å². The molecule has 2 heterocycles. The summed E-state index contributed by atoms with van der Waals surface area (Å²) in [6.07, 6.45) is 2.51. The SMILES string of the molecule is Cc1cc(Nc2ccccc2Br)nc(N2CCCC(C)C2)n1. The van der Waals surface area contributed by atoms with Gasteiger partial charge in [-0.25, -0.2) is 4.98 Å². The van der Waals surface area contributed by atoms with Gasteiger partial charge in [-0.2, -0.15) is 4.98 Å². The standard InChI is InChI=1S/C17H21BrN4/c1-12-6-5-9-22(11-12)17-19-13(2)10-16(21-17)20-15-8-4-3-7-14(15)18/h3-4,7-8,10,12H,5-6,9,11H2,1-2H3,(H,19,20,21). The number of rotatable bonds is 3. The Morgan fingerprint density at radius 1 is 1.27 bits per heavy atom. The highest BCUT2D eigenvalue weighted by Gasteiger charge is 2.19. The summed E-state index contributed by atoms with van der Waals surface area (Å²) >= 11 is 3.56. The van der Waals surface area contributed by atoms with Crippen molar-refractivity contribution in [2.45, 2.75) is 26.7 Å². The van der Waals surface area contributed by atoms with Crippen molar-refractivity contribution in [1.82, 2.24) is 9.97 Å². The Kier molecular flexibility index (Phi) is 4.62. The summed E-state index contributed by atoms with van der Waals surface area (Å²) in [7, 11) is 0. The van der Waals surface area contributed by atoms with Gasteiger partial charge < -0.3 is 10.2 Å². The molecule has 0 saturated carbocycles. The number of hydrogen-bond donors (Lipinski definition) is 1. The van der Waals surface area contributed by atoms with Crippen LogP contribution in [0, 0.1) is 12.8 Å². The predicted molar refractivity (Wildman–Crippen MR) is 94.8 cm³/mol. The Hall–Kier alpha value is -1.62. The molecule has 1 aliphatic heterocycles. The van der Waals surface area contributed by atoms with Crippen molar-refractivity contribution in [2.75, 3.05) is 23.3 Å². The van der Waals surface area contributed by atoms with Gasteiger partial charge in [-0.1, -0.05) is 19.1 Å². The van der Waals surface area contributed by atoms with E-state index in [1.54, 1.807) is 0 Å². The van der Waals surface area contributed by atoms with Gasteiger partial charge in [-0.3, -0.25) is 0 Å². The highest BCUT2D eigenvalue weighted by atomic mass is 79.9. The molecule has 1 aromatic heterocycles. The van der Waals surface area contributed by atoms with E-state index in [4.69, 9.17) is 4.98 Å². The van der Waals surface area contributed by atoms with Gasteiger partial charge in [0.2, 0.25) is 5.95 Å². The van der Waals surface area contributed by atoms with Gasteiger partial charge in [-0.05, 0) is 53.7 Å². The molecule has 5 heteroatoms. The molecule has 0 radical (unpaired) electrons. The van der Waals surface area contributed by atoms with Crippen LogP contribution in [0.4, 0.5) is 17.5 Å². The minimum atomic E-state index is 0.706. The second-order valence-electron chi connectivity index (χ2n) is 5.99. The van der Waals surface area contributed by atoms with E-state index >= 15 is 0 Å². The van der Waals surface area contributed by atoms with E-state index in [0.29, 0.717) is 5.92 Å². The number of aromatic nitrogens is 2. The smallest absolute Gasteiger partial charge is 0.227 e. The molecule has 22 heavy (non-hydrogen) atoms. The highest BCUT2D eigenvalue weighted by Crippen LogP contribution is 2.26. The molecule has 1 fully saturated rings. The second kappa shape index (κ2) is 6.65. The molecule has 1 N–H and O–H groups in total. The van der Waals surface area contributed by atoms with E-state index in [-0.39, 0.29) is 0 Å². The van der Waals surface area contributed by atoms with Crippen molar-refractivity contribution < 1.29 is 0 Å². The predicted octanol–water partition coefficient (Wildman–Crippen LogP) is 4.53. The van der Waals surface area contributed by atoms with Crippen LogP contribution >= 0.6 is 15.9 Å². The summed E-state index contributed by atoms with van der Waals surface area (Å²) in [5, 5.41) is 3.38. The van der Waals surface area contributed by atoms with Crippen molar-refractivity contribution in [3.63, 3.8) is 0 Å². The lowest BCUT2D eigenvalue weighted by Crippen LogP contribution is -2.35. The number of halogens is 1. The molecule has 1 aliphatic rings. The van der Waals surface area contributed by atoms with Crippen molar-refractivity contribution >= 4 is 33.4 Å². The summed E-state index contributed by atoms with van der Waals surface area (Å²) in [5.41, 5.74) is 2.00. The maximum Gasteiger partial charge on any atom is 0.227 e. The molecule has 4 nitrogen and oxygen atoms in total. The first kappa shape index (κ1) is 15.3. The lowest BCUT2D eigenvalue weighted by molar-refractivity contribution is 0.442. The van der Waals surface area contributed by atoms with E-state index in [9.17, 15) is 0 Å². The zero-order valence-electron chi connectivity index (χ0n) is 13.0. The van der Waals surface area contributed by atoms with Gasteiger partial charge in [0.15, 0.2) is 0 Å². The van der Waals surface area contributed by atoms with Gasteiger partial charge >= 0.3 is 0 Å². The lowest BCUT2D eigenvalue weighted by Gasteiger charge is -2.31. The molecule has 1 saturated heterocycles. The lowest BCUT2D eigenvalue weighted by atomic mass is 10.0. The molecule has 1 unspecified atom stereocenters. The summed E-state index contributed by atoms with van der Waals surface area (Å²) < 4.78 is 1.03. The van der Waals surface area contributed by atoms with Crippen LogP contribution in [0.3, 0.4) is 0 Å². The minimum absolute atomic E-state index is 0.706. The van der Waals surface area contributed by atoms with Gasteiger partial charge in [0, 0.05) is 29.3 Å². The first-order valence-electron chi connectivity index (χ1n) is 7.74. The molecule has 0 aliphatic carbocycles. The Labute approximate surface area is 140 Å². The van der Waals surface area contributed by atoms with E-state index in [2.05, 4.69) is 38.1 Å². The number of hydrogen-bond acceptors (Lipinski definition) is 4. The minimum Gasteiger partial charge on any atom is -0.340 e. The van der Waals surface area contributed by atoms with Crippen LogP contribution < -0.4 is 10.2 Å². The van der Waals surface area contributed by atoms with E-state index in [1.807, 2.05) is 37.3 Å². The topological polar surface area (TPSA) is 41.1 Å². The number of aryl methyl sites for hydroxylation is 1. The van der Waals surface area contributed by atoms with Crippen molar-refractivity contribution in [2.24, 2.45) is 5.92 Å². The first-order valence-corrected chi connectivity index (χ1v) is 8.53. The van der Waals surface area contributed by atoms with E-state index in [1.165, 1.54) is 12.8 Å². The number of nitrogens with one attached hydrogen (secondary N) is 1. The molecular weight excluding hydrogens is 340 g/mol. The first-order chi connectivity index (χ1) is 10.6. The van der Waals surface area contributed by atoms with Gasteiger partial charge in [0.25, 0.3) is 0 Å². The largest absolute Gasteiger partial charge is 0.340 e. The van der Waals surface area contributed by atoms with Crippen molar-refractivity contribution in [3.8, 4) is 0 Å². The normalized spacial score (nSPS) is 18.3. The Bertz CT molecular complexity index is 659. The maximum atomic E-state index is 4.71. The summed E-state index contributed by atoms with van der Waals surface area (Å²) in [6, 6.07) is 10.0. The number of piperidine rings is 1. The van der Waals surface area contributed by atoms with E-state index in [0.717, 1.165) is 40.7 Å². The van der Waals surface area contributed by atoms with Gasteiger partial charge in [0.1, 0.15) is 5.82 Å². The van der Waals surface area contributed by atoms with E-state index < -0.39 is 0 Å². The van der Waals surface area contributed by atoms with Crippen LogP contribution in [0.2, 0.25) is 0 Å². The Balaban J connectivity index is 1.85. The molecule has 0 amide bonds. The van der Waals surface area contributed by atoms with Crippen LogP contribution in [-0.4, -0.2) is 23.1 Å².